The van der Waals surface area contributed by atoms with Gasteiger partial charge in [0.05, 0.1) is 5.60 Å². The topological polar surface area (TPSA) is 99.9 Å². The number of rotatable bonds is 2. The van der Waals surface area contributed by atoms with E-state index >= 15 is 0 Å². The van der Waals surface area contributed by atoms with E-state index in [2.05, 4.69) is 20.5 Å². The number of nitrogens with one attached hydrogen (secondary N) is 3. The molecule has 0 radical (unpaired) electrons. The van der Waals surface area contributed by atoms with E-state index in [-0.39, 0.29) is 17.5 Å². The summed E-state index contributed by atoms with van der Waals surface area (Å²) in [5.41, 5.74) is -1.31. The number of ether oxygens (including phenoxy) is 1. The Hall–Kier alpha value is -1.63. The van der Waals surface area contributed by atoms with Crippen LogP contribution in [0.1, 0.15) is 26.7 Å². The second-order valence-electron chi connectivity index (χ2n) is 4.80. The third-order valence-electron chi connectivity index (χ3n) is 2.75. The number of nitrogens with zero attached hydrogens (tertiary/aromatic N) is 1. The van der Waals surface area contributed by atoms with Gasteiger partial charge >= 0.3 is 5.69 Å². The SMILES string of the molecule is CC1(C)CC(Nc2n[nH]c(=O)[nH]c2=O)CCO1. The fourth-order valence-corrected chi connectivity index (χ4v) is 1.99. The molecule has 3 N–H and O–H groups in total. The zero-order valence-corrected chi connectivity index (χ0v) is 9.87. The fraction of sp³-hybridized carbons (Fsp3) is 0.700. The molecule has 0 bridgehead atoms. The molecule has 0 aromatic carbocycles. The first-order valence-corrected chi connectivity index (χ1v) is 5.56. The van der Waals surface area contributed by atoms with Gasteiger partial charge in [0.15, 0.2) is 0 Å². The van der Waals surface area contributed by atoms with E-state index < -0.39 is 11.2 Å². The maximum atomic E-state index is 11.4. The zero-order chi connectivity index (χ0) is 12.5. The van der Waals surface area contributed by atoms with Crippen LogP contribution in [-0.2, 0) is 4.74 Å². The van der Waals surface area contributed by atoms with Crippen molar-refractivity contribution in [2.24, 2.45) is 0 Å². The number of anilines is 1. The lowest BCUT2D eigenvalue weighted by Gasteiger charge is -2.35. The maximum absolute atomic E-state index is 11.4. The molecule has 1 atom stereocenters. The molecule has 0 amide bonds. The number of aromatic amines is 2. The van der Waals surface area contributed by atoms with Crippen LogP contribution in [0, 0.1) is 0 Å². The fourth-order valence-electron chi connectivity index (χ4n) is 1.99. The minimum Gasteiger partial charge on any atom is -0.375 e. The second kappa shape index (κ2) is 4.33. The highest BCUT2D eigenvalue weighted by Gasteiger charge is 2.29. The van der Waals surface area contributed by atoms with E-state index in [0.29, 0.717) is 6.61 Å². The number of aromatic nitrogens is 3. The molecule has 94 valence electrons. The van der Waals surface area contributed by atoms with E-state index in [1.54, 1.807) is 0 Å². The summed E-state index contributed by atoms with van der Waals surface area (Å²) in [6.45, 7) is 4.66. The van der Waals surface area contributed by atoms with E-state index in [4.69, 9.17) is 4.74 Å². The van der Waals surface area contributed by atoms with Gasteiger partial charge < -0.3 is 10.1 Å². The van der Waals surface area contributed by atoms with Crippen LogP contribution in [0.4, 0.5) is 5.82 Å². The summed E-state index contributed by atoms with van der Waals surface area (Å²) < 4.78 is 5.58. The average Bonchev–Trinajstić information content (AvgIpc) is 2.21. The lowest BCUT2D eigenvalue weighted by Crippen LogP contribution is -2.41. The van der Waals surface area contributed by atoms with Gasteiger partial charge in [-0.25, -0.2) is 9.89 Å². The third-order valence-corrected chi connectivity index (χ3v) is 2.75. The quantitative estimate of drug-likeness (QED) is 0.666. The van der Waals surface area contributed by atoms with Crippen LogP contribution in [0.2, 0.25) is 0 Å². The van der Waals surface area contributed by atoms with Crippen LogP contribution in [0.5, 0.6) is 0 Å². The molecule has 2 heterocycles. The van der Waals surface area contributed by atoms with Crippen LogP contribution < -0.4 is 16.6 Å². The standard InChI is InChI=1S/C10H16N4O3/c1-10(2)5-6(3-4-17-10)11-7-8(15)12-9(16)14-13-7/h6H,3-5H2,1-2H3,(H,11,13)(H2,12,14,15,16). The van der Waals surface area contributed by atoms with Crippen molar-refractivity contribution in [1.82, 2.24) is 15.2 Å². The van der Waals surface area contributed by atoms with Gasteiger partial charge in [0.25, 0.3) is 5.56 Å². The van der Waals surface area contributed by atoms with Crippen molar-refractivity contribution in [3.63, 3.8) is 0 Å². The van der Waals surface area contributed by atoms with Gasteiger partial charge in [-0.2, -0.15) is 0 Å². The normalized spacial score (nSPS) is 23.3. The molecule has 7 heteroatoms. The van der Waals surface area contributed by atoms with E-state index in [0.717, 1.165) is 12.8 Å². The Labute approximate surface area is 97.6 Å². The van der Waals surface area contributed by atoms with Crippen molar-refractivity contribution in [1.29, 1.82) is 0 Å². The Balaban J connectivity index is 2.10. The molecule has 1 saturated heterocycles. The summed E-state index contributed by atoms with van der Waals surface area (Å²) in [5.74, 6) is 0.146. The molecule has 7 nitrogen and oxygen atoms in total. The largest absolute Gasteiger partial charge is 0.375 e. The lowest BCUT2D eigenvalue weighted by molar-refractivity contribution is -0.0553. The number of hydrogen-bond donors (Lipinski definition) is 3. The van der Waals surface area contributed by atoms with Crippen LogP contribution in [0.15, 0.2) is 9.59 Å². The lowest BCUT2D eigenvalue weighted by atomic mass is 9.94. The molecule has 1 fully saturated rings. The first-order chi connectivity index (χ1) is 7.96. The van der Waals surface area contributed by atoms with Crippen LogP contribution >= 0.6 is 0 Å². The Kier molecular flexibility index (Phi) is 3.01. The van der Waals surface area contributed by atoms with Gasteiger partial charge in [-0.3, -0.25) is 9.78 Å². The van der Waals surface area contributed by atoms with Crippen molar-refractivity contribution < 1.29 is 4.74 Å². The van der Waals surface area contributed by atoms with Gasteiger partial charge in [0.1, 0.15) is 0 Å². The molecular weight excluding hydrogens is 224 g/mol. The minimum atomic E-state index is -0.604. The Morgan fingerprint density at radius 3 is 2.88 bits per heavy atom. The van der Waals surface area contributed by atoms with E-state index in [9.17, 15) is 9.59 Å². The highest BCUT2D eigenvalue weighted by atomic mass is 16.5. The van der Waals surface area contributed by atoms with Gasteiger partial charge in [-0.05, 0) is 26.7 Å². The van der Waals surface area contributed by atoms with E-state index in [1.165, 1.54) is 0 Å². The number of hydrogen-bond acceptors (Lipinski definition) is 5. The molecule has 1 aliphatic heterocycles. The first-order valence-electron chi connectivity index (χ1n) is 5.56. The number of H-pyrrole nitrogens is 2. The van der Waals surface area contributed by atoms with Crippen LogP contribution in [0.3, 0.4) is 0 Å². The van der Waals surface area contributed by atoms with Gasteiger partial charge in [-0.15, -0.1) is 5.10 Å². The summed E-state index contributed by atoms with van der Waals surface area (Å²) in [4.78, 5) is 24.4. The molecule has 1 aliphatic rings. The second-order valence-corrected chi connectivity index (χ2v) is 4.80. The first kappa shape index (κ1) is 11.8. The predicted octanol–water partition coefficient (Wildman–Crippen LogP) is -0.172. The smallest absolute Gasteiger partial charge is 0.342 e. The third kappa shape index (κ3) is 2.94. The maximum Gasteiger partial charge on any atom is 0.342 e. The minimum absolute atomic E-state index is 0.123. The van der Waals surface area contributed by atoms with Crippen molar-refractivity contribution >= 4 is 5.82 Å². The molecule has 0 aliphatic carbocycles. The Morgan fingerprint density at radius 1 is 1.47 bits per heavy atom. The van der Waals surface area contributed by atoms with Crippen molar-refractivity contribution in [2.75, 3.05) is 11.9 Å². The average molecular weight is 240 g/mol. The molecule has 1 aromatic rings. The summed E-state index contributed by atoms with van der Waals surface area (Å²) in [5, 5.41) is 8.91. The van der Waals surface area contributed by atoms with Gasteiger partial charge in [0.2, 0.25) is 5.82 Å². The molecule has 0 saturated carbocycles. The van der Waals surface area contributed by atoms with Crippen LogP contribution in [-0.4, -0.2) is 33.4 Å². The summed E-state index contributed by atoms with van der Waals surface area (Å²) in [6, 6.07) is 0.123. The van der Waals surface area contributed by atoms with E-state index in [1.807, 2.05) is 13.8 Å². The highest BCUT2D eigenvalue weighted by Crippen LogP contribution is 2.25. The summed E-state index contributed by atoms with van der Waals surface area (Å²) in [6.07, 6.45) is 1.59. The zero-order valence-electron chi connectivity index (χ0n) is 9.87. The van der Waals surface area contributed by atoms with Crippen LogP contribution in [0.25, 0.3) is 0 Å². The molecule has 1 aromatic heterocycles. The Morgan fingerprint density at radius 2 is 2.24 bits per heavy atom. The molecule has 1 unspecified atom stereocenters. The molecule has 17 heavy (non-hydrogen) atoms. The molecular formula is C10H16N4O3. The predicted molar refractivity (Wildman–Crippen MR) is 62.2 cm³/mol. The molecule has 0 spiro atoms. The monoisotopic (exact) mass is 240 g/mol. The highest BCUT2D eigenvalue weighted by molar-refractivity contribution is 5.30. The van der Waals surface area contributed by atoms with Crippen molar-refractivity contribution in [3.05, 3.63) is 20.8 Å². The summed E-state index contributed by atoms with van der Waals surface area (Å²) in [7, 11) is 0. The molecule has 2 rings (SSSR count). The van der Waals surface area contributed by atoms with Crippen molar-refractivity contribution in [2.45, 2.75) is 38.3 Å². The van der Waals surface area contributed by atoms with Gasteiger partial charge in [-0.1, -0.05) is 0 Å². The van der Waals surface area contributed by atoms with Gasteiger partial charge in [0, 0.05) is 12.6 Å². The van der Waals surface area contributed by atoms with Crippen molar-refractivity contribution in [3.8, 4) is 0 Å². The summed E-state index contributed by atoms with van der Waals surface area (Å²) >= 11 is 0. The Bertz CT molecular complexity index is 505.